The van der Waals surface area contributed by atoms with E-state index >= 15 is 0 Å². The normalized spacial score (nSPS) is 20.6. The number of amidine groups is 1. The Hall–Kier alpha value is -1.99. The molecule has 0 spiro atoms. The highest BCUT2D eigenvalue weighted by Crippen LogP contribution is 2.35. The van der Waals surface area contributed by atoms with Crippen LogP contribution in [-0.4, -0.2) is 35.1 Å². The minimum atomic E-state index is -0.181. The number of carbonyl (C=O) groups is 1. The molecule has 0 unspecified atom stereocenters. The highest BCUT2D eigenvalue weighted by molar-refractivity contribution is 9.10. The molecule has 7 heteroatoms. The van der Waals surface area contributed by atoms with Crippen LogP contribution in [0.1, 0.15) is 5.56 Å². The van der Waals surface area contributed by atoms with Crippen LogP contribution in [0.2, 0.25) is 0 Å². The lowest BCUT2D eigenvalue weighted by Crippen LogP contribution is -2.28. The van der Waals surface area contributed by atoms with Crippen molar-refractivity contribution in [2.75, 3.05) is 13.8 Å². The fraction of sp³-hybridized carbons (Fsp3) is 0.222. The van der Waals surface area contributed by atoms with Crippen LogP contribution in [0.15, 0.2) is 51.9 Å². The SMILES string of the molecule is CN1C(=O)[C@H](Cc2ccc3c(c2)OCO3)SC1=Nc1ccc(Br)cc1. The van der Waals surface area contributed by atoms with E-state index in [1.54, 1.807) is 11.9 Å². The lowest BCUT2D eigenvalue weighted by atomic mass is 10.1. The number of ether oxygens (including phenoxy) is 2. The van der Waals surface area contributed by atoms with Gasteiger partial charge in [0.15, 0.2) is 16.7 Å². The molecule has 5 nitrogen and oxygen atoms in total. The fourth-order valence-electron chi connectivity index (χ4n) is 2.71. The van der Waals surface area contributed by atoms with Gasteiger partial charge in [-0.1, -0.05) is 33.8 Å². The second kappa shape index (κ2) is 6.72. The van der Waals surface area contributed by atoms with Gasteiger partial charge >= 0.3 is 0 Å². The topological polar surface area (TPSA) is 51.1 Å². The van der Waals surface area contributed by atoms with Crippen molar-refractivity contribution in [2.24, 2.45) is 4.99 Å². The maximum absolute atomic E-state index is 12.6. The third kappa shape index (κ3) is 3.39. The van der Waals surface area contributed by atoms with Crippen molar-refractivity contribution in [1.82, 2.24) is 4.90 Å². The number of nitrogens with zero attached hydrogens (tertiary/aromatic N) is 2. The van der Waals surface area contributed by atoms with Gasteiger partial charge in [0, 0.05) is 11.5 Å². The summed E-state index contributed by atoms with van der Waals surface area (Å²) in [5, 5.41) is 0.539. The highest BCUT2D eigenvalue weighted by Gasteiger charge is 2.35. The molecule has 1 fully saturated rings. The smallest absolute Gasteiger partial charge is 0.242 e. The Morgan fingerprint density at radius 2 is 1.96 bits per heavy atom. The van der Waals surface area contributed by atoms with Gasteiger partial charge in [-0.05, 0) is 48.4 Å². The summed E-state index contributed by atoms with van der Waals surface area (Å²) < 4.78 is 11.7. The monoisotopic (exact) mass is 418 g/mol. The molecule has 25 heavy (non-hydrogen) atoms. The lowest BCUT2D eigenvalue weighted by Gasteiger charge is -2.09. The van der Waals surface area contributed by atoms with Gasteiger partial charge in [0.25, 0.3) is 0 Å². The number of thioether (sulfide) groups is 1. The molecule has 0 N–H and O–H groups in total. The third-order valence-electron chi connectivity index (χ3n) is 4.05. The minimum Gasteiger partial charge on any atom is -0.454 e. The van der Waals surface area contributed by atoms with Crippen LogP contribution in [0.25, 0.3) is 0 Å². The molecule has 2 aliphatic rings. The van der Waals surface area contributed by atoms with Gasteiger partial charge in [-0.3, -0.25) is 9.69 Å². The van der Waals surface area contributed by atoms with Crippen molar-refractivity contribution in [2.45, 2.75) is 11.7 Å². The maximum Gasteiger partial charge on any atom is 0.242 e. The Morgan fingerprint density at radius 1 is 1.20 bits per heavy atom. The number of fused-ring (bicyclic) bond motifs is 1. The predicted molar refractivity (Wildman–Crippen MR) is 102 cm³/mol. The Balaban J connectivity index is 1.52. The van der Waals surface area contributed by atoms with E-state index in [1.807, 2.05) is 42.5 Å². The summed E-state index contributed by atoms with van der Waals surface area (Å²) in [7, 11) is 1.77. The van der Waals surface area contributed by atoms with Crippen molar-refractivity contribution in [3.8, 4) is 11.5 Å². The van der Waals surface area contributed by atoms with Crippen LogP contribution >= 0.6 is 27.7 Å². The highest BCUT2D eigenvalue weighted by atomic mass is 79.9. The van der Waals surface area contributed by atoms with Crippen molar-refractivity contribution < 1.29 is 14.3 Å². The average Bonchev–Trinajstić information content (AvgIpc) is 3.17. The third-order valence-corrected chi connectivity index (χ3v) is 5.81. The van der Waals surface area contributed by atoms with E-state index in [-0.39, 0.29) is 18.0 Å². The summed E-state index contributed by atoms with van der Waals surface area (Å²) in [5.74, 6) is 1.56. The average molecular weight is 419 g/mol. The van der Waals surface area contributed by atoms with Crippen LogP contribution < -0.4 is 9.47 Å². The standard InChI is InChI=1S/C18H15BrN2O3S/c1-21-17(22)16(9-11-2-7-14-15(8-11)24-10-23-14)25-18(21)20-13-5-3-12(19)4-6-13/h2-8,16H,9-10H2,1H3/t16-/m0/s1. The van der Waals surface area contributed by atoms with E-state index in [0.29, 0.717) is 6.42 Å². The van der Waals surface area contributed by atoms with Crippen molar-refractivity contribution >= 4 is 44.5 Å². The zero-order valence-electron chi connectivity index (χ0n) is 13.4. The molecule has 1 saturated heterocycles. The lowest BCUT2D eigenvalue weighted by molar-refractivity contribution is -0.125. The first-order valence-corrected chi connectivity index (χ1v) is 9.44. The summed E-state index contributed by atoms with van der Waals surface area (Å²) in [6, 6.07) is 13.5. The molecule has 0 radical (unpaired) electrons. The second-order valence-electron chi connectivity index (χ2n) is 5.77. The molecule has 0 aromatic heterocycles. The zero-order chi connectivity index (χ0) is 17.4. The van der Waals surface area contributed by atoms with Gasteiger partial charge in [0.2, 0.25) is 12.7 Å². The number of benzene rings is 2. The van der Waals surface area contributed by atoms with Crippen LogP contribution in [0.5, 0.6) is 11.5 Å². The van der Waals surface area contributed by atoms with Gasteiger partial charge < -0.3 is 9.47 Å². The number of halogens is 1. The summed E-state index contributed by atoms with van der Waals surface area (Å²) in [4.78, 5) is 18.8. The molecule has 1 amide bonds. The molecule has 1 atom stereocenters. The number of hydrogen-bond acceptors (Lipinski definition) is 5. The van der Waals surface area contributed by atoms with Crippen LogP contribution in [0, 0.1) is 0 Å². The van der Waals surface area contributed by atoms with E-state index in [1.165, 1.54) is 11.8 Å². The Labute approximate surface area is 158 Å². The number of rotatable bonds is 3. The Morgan fingerprint density at radius 3 is 2.76 bits per heavy atom. The zero-order valence-corrected chi connectivity index (χ0v) is 15.8. The molecule has 0 saturated carbocycles. The molecule has 2 aromatic carbocycles. The Bertz CT molecular complexity index is 854. The number of hydrogen-bond donors (Lipinski definition) is 0. The van der Waals surface area contributed by atoms with E-state index in [2.05, 4.69) is 20.9 Å². The molecule has 4 rings (SSSR count). The fourth-order valence-corrected chi connectivity index (χ4v) is 4.17. The minimum absolute atomic E-state index is 0.0681. The molecular formula is C18H15BrN2O3S. The largest absolute Gasteiger partial charge is 0.454 e. The summed E-state index contributed by atoms with van der Waals surface area (Å²) in [6.07, 6.45) is 0.629. The first-order chi connectivity index (χ1) is 12.1. The van der Waals surface area contributed by atoms with Gasteiger partial charge in [0.05, 0.1) is 10.9 Å². The van der Waals surface area contributed by atoms with E-state index in [9.17, 15) is 4.79 Å². The number of amides is 1. The second-order valence-corrected chi connectivity index (χ2v) is 7.85. The molecular weight excluding hydrogens is 404 g/mol. The first kappa shape index (κ1) is 16.5. The predicted octanol–water partition coefficient (Wildman–Crippen LogP) is 3.98. The molecule has 2 heterocycles. The maximum atomic E-state index is 12.6. The number of aliphatic imine (C=N–C) groups is 1. The van der Waals surface area contributed by atoms with Gasteiger partial charge in [-0.25, -0.2) is 4.99 Å². The van der Waals surface area contributed by atoms with Gasteiger partial charge in [-0.2, -0.15) is 0 Å². The first-order valence-electron chi connectivity index (χ1n) is 7.77. The molecule has 2 aromatic rings. The van der Waals surface area contributed by atoms with Crippen LogP contribution in [-0.2, 0) is 11.2 Å². The summed E-state index contributed by atoms with van der Waals surface area (Å²) in [5.41, 5.74) is 1.88. The Kier molecular flexibility index (Phi) is 4.43. The van der Waals surface area contributed by atoms with E-state index in [0.717, 1.165) is 32.4 Å². The van der Waals surface area contributed by atoms with E-state index in [4.69, 9.17) is 9.47 Å². The van der Waals surface area contributed by atoms with E-state index < -0.39 is 0 Å². The van der Waals surface area contributed by atoms with Crippen LogP contribution in [0.3, 0.4) is 0 Å². The van der Waals surface area contributed by atoms with Gasteiger partial charge in [-0.15, -0.1) is 0 Å². The quantitative estimate of drug-likeness (QED) is 0.755. The molecule has 0 aliphatic carbocycles. The molecule has 2 aliphatic heterocycles. The van der Waals surface area contributed by atoms with Crippen LogP contribution in [0.4, 0.5) is 5.69 Å². The summed E-state index contributed by atoms with van der Waals surface area (Å²) >= 11 is 4.91. The van der Waals surface area contributed by atoms with Crippen molar-refractivity contribution in [3.05, 3.63) is 52.5 Å². The van der Waals surface area contributed by atoms with Crippen molar-refractivity contribution in [3.63, 3.8) is 0 Å². The number of carbonyl (C=O) groups excluding carboxylic acids is 1. The summed E-state index contributed by atoms with van der Waals surface area (Å²) in [6.45, 7) is 0.253. The molecule has 0 bridgehead atoms. The van der Waals surface area contributed by atoms with Crippen molar-refractivity contribution in [1.29, 1.82) is 0 Å². The van der Waals surface area contributed by atoms with Gasteiger partial charge in [0.1, 0.15) is 0 Å². The molecule has 128 valence electrons.